The molecule has 150 valence electrons. The number of hydrogen-bond acceptors (Lipinski definition) is 5. The van der Waals surface area contributed by atoms with Crippen LogP contribution in [0.3, 0.4) is 0 Å². The average Bonchev–Trinajstić information content (AvgIpc) is 2.69. The van der Waals surface area contributed by atoms with E-state index in [1.54, 1.807) is 18.2 Å². The number of carboxylic acid groups (broad SMARTS) is 1. The minimum Gasteiger partial charge on any atom is -0.478 e. The maximum Gasteiger partial charge on any atom is 0.335 e. The molecule has 1 aromatic rings. The summed E-state index contributed by atoms with van der Waals surface area (Å²) in [7, 11) is -1.34. The van der Waals surface area contributed by atoms with Crippen molar-refractivity contribution in [2.45, 2.75) is 62.4 Å². The van der Waals surface area contributed by atoms with E-state index in [0.717, 1.165) is 18.4 Å². The number of aromatic carboxylic acids is 1. The molecule has 7 heteroatoms. The van der Waals surface area contributed by atoms with Gasteiger partial charge >= 0.3 is 5.97 Å². The Morgan fingerprint density at radius 2 is 2.07 bits per heavy atom. The van der Waals surface area contributed by atoms with Crippen molar-refractivity contribution in [3.8, 4) is 0 Å². The van der Waals surface area contributed by atoms with Crippen LogP contribution in [-0.2, 0) is 15.7 Å². The van der Waals surface area contributed by atoms with Crippen LogP contribution in [0.2, 0.25) is 0 Å². The minimum atomic E-state index is -1.34. The number of ether oxygens (including phenoxy) is 1. The molecule has 4 atom stereocenters. The average molecular weight is 395 g/mol. The van der Waals surface area contributed by atoms with Crippen LogP contribution in [0.4, 0.5) is 0 Å². The van der Waals surface area contributed by atoms with Crippen molar-refractivity contribution >= 4 is 14.4 Å². The molecule has 2 unspecified atom stereocenters. The Balaban J connectivity index is 1.54. The lowest BCUT2D eigenvalue weighted by Gasteiger charge is -2.40. The molecule has 0 aromatic heterocycles. The van der Waals surface area contributed by atoms with Crippen molar-refractivity contribution in [2.75, 3.05) is 13.2 Å². The highest BCUT2D eigenvalue weighted by Crippen LogP contribution is 2.39. The van der Waals surface area contributed by atoms with Gasteiger partial charge in [-0.2, -0.15) is 0 Å². The predicted molar refractivity (Wildman–Crippen MR) is 105 cm³/mol. The zero-order valence-electron chi connectivity index (χ0n) is 15.6. The Morgan fingerprint density at radius 3 is 2.70 bits per heavy atom. The molecule has 0 amide bonds. The van der Waals surface area contributed by atoms with Crippen LogP contribution >= 0.6 is 8.46 Å². The fourth-order valence-corrected chi connectivity index (χ4v) is 5.10. The number of morpholine rings is 1. The van der Waals surface area contributed by atoms with Crippen LogP contribution in [0.25, 0.3) is 0 Å². The molecule has 2 aliphatic rings. The van der Waals surface area contributed by atoms with Crippen molar-refractivity contribution in [1.29, 1.82) is 0 Å². The quantitative estimate of drug-likeness (QED) is 0.615. The molecule has 1 aliphatic carbocycles. The van der Waals surface area contributed by atoms with Gasteiger partial charge in [-0.15, -0.1) is 0 Å². The van der Waals surface area contributed by atoms with E-state index in [-0.39, 0.29) is 11.6 Å². The molecule has 1 heterocycles. The Kier molecular flexibility index (Phi) is 7.10. The first-order chi connectivity index (χ1) is 13.0. The molecular formula is C20H30NO5P. The third kappa shape index (κ3) is 5.41. The van der Waals surface area contributed by atoms with Crippen LogP contribution < -0.4 is 5.32 Å². The van der Waals surface area contributed by atoms with E-state index in [0.29, 0.717) is 31.9 Å². The van der Waals surface area contributed by atoms with E-state index < -0.39 is 25.9 Å². The fraction of sp³-hybridized carbons (Fsp3) is 0.650. The summed E-state index contributed by atoms with van der Waals surface area (Å²) in [4.78, 5) is 11.1. The van der Waals surface area contributed by atoms with Crippen LogP contribution in [-0.4, -0.2) is 46.8 Å². The molecule has 27 heavy (non-hydrogen) atoms. The second kappa shape index (κ2) is 9.33. The molecule has 1 aliphatic heterocycles. The van der Waals surface area contributed by atoms with Gasteiger partial charge in [0.15, 0.2) is 0 Å². The summed E-state index contributed by atoms with van der Waals surface area (Å²) in [5, 5.41) is 22.2. The summed E-state index contributed by atoms with van der Waals surface area (Å²) in [6, 6.07) is 6.95. The van der Waals surface area contributed by atoms with E-state index in [2.05, 4.69) is 5.32 Å². The van der Waals surface area contributed by atoms with Crippen molar-refractivity contribution in [1.82, 2.24) is 5.32 Å². The number of carboxylic acids is 1. The molecular weight excluding hydrogens is 365 g/mol. The fourth-order valence-electron chi connectivity index (χ4n) is 4.30. The van der Waals surface area contributed by atoms with E-state index in [4.69, 9.17) is 9.84 Å². The summed E-state index contributed by atoms with van der Waals surface area (Å²) >= 11 is 0. The Hall–Kier alpha value is -1.20. The number of rotatable bonds is 7. The third-order valence-corrected chi connectivity index (χ3v) is 6.86. The predicted octanol–water partition coefficient (Wildman–Crippen LogP) is 2.70. The molecule has 3 N–H and O–H groups in total. The molecule has 3 rings (SSSR count). The molecule has 1 aromatic carbocycles. The molecule has 1 saturated carbocycles. The van der Waals surface area contributed by atoms with Gasteiger partial charge in [-0.1, -0.05) is 44.2 Å². The smallest absolute Gasteiger partial charge is 0.335 e. The van der Waals surface area contributed by atoms with Crippen LogP contribution in [0, 0.1) is 5.92 Å². The van der Waals surface area contributed by atoms with Gasteiger partial charge < -0.3 is 24.8 Å². The molecule has 0 spiro atoms. The highest BCUT2D eigenvalue weighted by molar-refractivity contribution is 7.25. The molecule has 0 radical (unpaired) electrons. The Morgan fingerprint density at radius 1 is 1.30 bits per heavy atom. The minimum absolute atomic E-state index is 0.0471. The number of carbonyl (C=O) groups is 1. The van der Waals surface area contributed by atoms with Gasteiger partial charge in [0.1, 0.15) is 11.4 Å². The first-order valence-electron chi connectivity index (χ1n) is 9.86. The molecule has 1 saturated heterocycles. The lowest BCUT2D eigenvalue weighted by Crippen LogP contribution is -2.55. The summed E-state index contributed by atoms with van der Waals surface area (Å²) in [5.74, 6) is -0.499. The molecule has 6 nitrogen and oxygen atoms in total. The summed E-state index contributed by atoms with van der Waals surface area (Å²) in [6.07, 6.45) is 6.60. The van der Waals surface area contributed by atoms with Gasteiger partial charge in [0.25, 0.3) is 0 Å². The van der Waals surface area contributed by atoms with Crippen LogP contribution in [0.15, 0.2) is 24.3 Å². The van der Waals surface area contributed by atoms with Gasteiger partial charge in [0, 0.05) is 12.6 Å². The maximum absolute atomic E-state index is 11.9. The second-order valence-corrected chi connectivity index (χ2v) is 9.19. The normalized spacial score (nSPS) is 26.9. The Labute approximate surface area is 161 Å². The van der Waals surface area contributed by atoms with Crippen molar-refractivity contribution in [2.24, 2.45) is 5.92 Å². The highest BCUT2D eigenvalue weighted by Gasteiger charge is 2.41. The van der Waals surface area contributed by atoms with E-state index in [1.807, 2.05) is 6.07 Å². The van der Waals surface area contributed by atoms with Crippen LogP contribution in [0.5, 0.6) is 0 Å². The monoisotopic (exact) mass is 395 g/mol. The van der Waals surface area contributed by atoms with Crippen molar-refractivity contribution in [3.63, 3.8) is 0 Å². The van der Waals surface area contributed by atoms with Crippen LogP contribution in [0.1, 0.15) is 54.4 Å². The largest absolute Gasteiger partial charge is 0.478 e. The number of nitrogens with one attached hydrogen (secondary N) is 1. The summed E-state index contributed by atoms with van der Waals surface area (Å²) in [5.41, 5.74) is 1.21. The first kappa shape index (κ1) is 20.5. The van der Waals surface area contributed by atoms with Crippen molar-refractivity contribution < 1.29 is 24.3 Å². The zero-order chi connectivity index (χ0) is 19.3. The maximum atomic E-state index is 11.9. The van der Waals surface area contributed by atoms with E-state index in [1.165, 1.54) is 19.3 Å². The zero-order valence-corrected chi connectivity index (χ0v) is 16.8. The summed E-state index contributed by atoms with van der Waals surface area (Å²) in [6.45, 7) is 0.871. The number of benzene rings is 1. The van der Waals surface area contributed by atoms with Gasteiger partial charge in [0.2, 0.25) is 0 Å². The summed E-state index contributed by atoms with van der Waals surface area (Å²) < 4.78 is 17.8. The standard InChI is InChI=1S/C20H30NO5P/c22-19(23)16-8-4-7-15(9-16)10-17-13-26-18(12-21-17)20(24,27-25)11-14-5-2-1-3-6-14/h4,7-9,14,17-18,21,24H,1-3,5-6,10-13,27H2,(H,22,23)/t17-,18-,20?/m1/s1. The highest BCUT2D eigenvalue weighted by atomic mass is 31.1. The lowest BCUT2D eigenvalue weighted by atomic mass is 9.84. The van der Waals surface area contributed by atoms with E-state index in [9.17, 15) is 14.5 Å². The third-order valence-electron chi connectivity index (χ3n) is 5.85. The van der Waals surface area contributed by atoms with E-state index >= 15 is 0 Å². The van der Waals surface area contributed by atoms with Gasteiger partial charge in [-0.25, -0.2) is 4.79 Å². The topological polar surface area (TPSA) is 95.9 Å². The second-order valence-electron chi connectivity index (χ2n) is 7.95. The lowest BCUT2D eigenvalue weighted by molar-refractivity contribution is -0.0942. The Bertz CT molecular complexity index is 656. The van der Waals surface area contributed by atoms with Gasteiger partial charge in [-0.3, -0.25) is 0 Å². The van der Waals surface area contributed by atoms with Crippen molar-refractivity contribution in [3.05, 3.63) is 35.4 Å². The molecule has 0 bridgehead atoms. The molecule has 2 fully saturated rings. The first-order valence-corrected chi connectivity index (χ1v) is 10.9. The van der Waals surface area contributed by atoms with Gasteiger partial charge in [-0.05, 0) is 36.5 Å². The number of aliphatic hydroxyl groups is 1. The number of hydrogen-bond donors (Lipinski definition) is 3. The SMILES string of the molecule is O=[PH2]C(O)(CC1CCCCC1)[C@H]1CN[C@H](Cc2cccc(C(=O)O)c2)CO1. The van der Waals surface area contributed by atoms with Gasteiger partial charge in [0.05, 0.1) is 20.6 Å².